The highest BCUT2D eigenvalue weighted by atomic mass is 31.2. The molecule has 3 heteroatoms. The topological polar surface area (TPSA) is 26.3 Å². The second-order valence-corrected chi connectivity index (χ2v) is 16.2. The van der Waals surface area contributed by atoms with Crippen LogP contribution in [0.3, 0.4) is 0 Å². The predicted octanol–water partition coefficient (Wildman–Crippen LogP) is 9.09. The standard InChI is InChI=1S/C29H51O2P/c30-32(25-17-9-3-10-18-25,26-19-11-4-12-20-26)27-21-28(23-13-5-1-6-14-23)31-29(22-27)24-15-7-2-8-16-24/h23-29H,1-22H2. The fraction of sp³-hybridized carbons (Fsp3) is 1.00. The van der Waals surface area contributed by atoms with Gasteiger partial charge in [-0.25, -0.2) is 0 Å². The fourth-order valence-electron chi connectivity index (χ4n) is 8.78. The SMILES string of the molecule is O=P(C1CCCCC1)(C1CCCCC1)C1CC(C2CCCCC2)OC(C2CCCCC2)C1. The third-order valence-corrected chi connectivity index (χ3v) is 15.4. The molecule has 0 amide bonds. The van der Waals surface area contributed by atoms with Crippen LogP contribution < -0.4 is 0 Å². The van der Waals surface area contributed by atoms with E-state index in [9.17, 15) is 0 Å². The minimum absolute atomic E-state index is 0.418. The Kier molecular flexibility index (Phi) is 8.43. The highest BCUT2D eigenvalue weighted by Crippen LogP contribution is 2.69. The summed E-state index contributed by atoms with van der Waals surface area (Å²) in [6.45, 7) is 0. The van der Waals surface area contributed by atoms with E-state index in [0.29, 0.717) is 29.2 Å². The van der Waals surface area contributed by atoms with Crippen LogP contribution >= 0.6 is 7.14 Å². The number of hydrogen-bond acceptors (Lipinski definition) is 2. The summed E-state index contributed by atoms with van der Waals surface area (Å²) < 4.78 is 22.5. The lowest BCUT2D eigenvalue weighted by Crippen LogP contribution is -2.46. The first-order chi connectivity index (χ1) is 15.7. The molecule has 5 aliphatic rings. The van der Waals surface area contributed by atoms with Crippen molar-refractivity contribution < 1.29 is 9.30 Å². The first-order valence-electron chi connectivity index (χ1n) is 15.0. The van der Waals surface area contributed by atoms with Gasteiger partial charge in [0, 0.05) is 17.0 Å². The Morgan fingerprint density at radius 1 is 0.438 bits per heavy atom. The lowest BCUT2D eigenvalue weighted by molar-refractivity contribution is -0.110. The van der Waals surface area contributed by atoms with E-state index in [1.54, 1.807) is 0 Å². The second kappa shape index (κ2) is 11.3. The number of ether oxygens (including phenoxy) is 1. The Bertz CT molecular complexity index is 561. The minimum Gasteiger partial charge on any atom is -0.374 e. The van der Waals surface area contributed by atoms with Crippen molar-refractivity contribution in [1.29, 1.82) is 0 Å². The van der Waals surface area contributed by atoms with Crippen molar-refractivity contribution in [1.82, 2.24) is 0 Å². The third-order valence-electron chi connectivity index (χ3n) is 10.6. The molecular weight excluding hydrogens is 411 g/mol. The van der Waals surface area contributed by atoms with Gasteiger partial charge in [-0.3, -0.25) is 0 Å². The van der Waals surface area contributed by atoms with Gasteiger partial charge < -0.3 is 9.30 Å². The fourth-order valence-corrected chi connectivity index (χ4v) is 14.0. The highest BCUT2D eigenvalue weighted by molar-refractivity contribution is 7.66. The molecule has 2 nitrogen and oxygen atoms in total. The van der Waals surface area contributed by atoms with Gasteiger partial charge in [-0.15, -0.1) is 0 Å². The molecule has 184 valence electrons. The van der Waals surface area contributed by atoms with Crippen LogP contribution in [0, 0.1) is 11.8 Å². The summed E-state index contributed by atoms with van der Waals surface area (Å²) in [5.41, 5.74) is 1.60. The summed E-state index contributed by atoms with van der Waals surface area (Å²) in [5.74, 6) is 1.51. The van der Waals surface area contributed by atoms with Gasteiger partial charge in [-0.05, 0) is 76.0 Å². The first kappa shape index (κ1) is 23.9. The van der Waals surface area contributed by atoms with Crippen LogP contribution in [0.2, 0.25) is 0 Å². The molecule has 4 saturated carbocycles. The van der Waals surface area contributed by atoms with Crippen LogP contribution in [0.4, 0.5) is 0 Å². The molecular formula is C29H51O2P. The van der Waals surface area contributed by atoms with E-state index < -0.39 is 7.14 Å². The van der Waals surface area contributed by atoms with Crippen LogP contribution in [-0.4, -0.2) is 29.2 Å². The molecule has 1 saturated heterocycles. The third kappa shape index (κ3) is 5.22. The summed E-state index contributed by atoms with van der Waals surface area (Å²) in [6.07, 6.45) is 30.2. The summed E-state index contributed by atoms with van der Waals surface area (Å²) in [7, 11) is -2.20. The van der Waals surface area contributed by atoms with Crippen molar-refractivity contribution in [3.8, 4) is 0 Å². The largest absolute Gasteiger partial charge is 0.374 e. The molecule has 0 radical (unpaired) electrons. The quantitative estimate of drug-likeness (QED) is 0.381. The maximum Gasteiger partial charge on any atom is 0.0966 e. The van der Waals surface area contributed by atoms with Crippen LogP contribution in [0.5, 0.6) is 0 Å². The van der Waals surface area contributed by atoms with Crippen molar-refractivity contribution in [3.63, 3.8) is 0 Å². The molecule has 0 aromatic rings. The van der Waals surface area contributed by atoms with Gasteiger partial charge in [-0.2, -0.15) is 0 Å². The average molecular weight is 463 g/mol. The highest BCUT2D eigenvalue weighted by Gasteiger charge is 2.51. The molecule has 5 fully saturated rings. The van der Waals surface area contributed by atoms with E-state index in [1.807, 2.05) is 0 Å². The number of rotatable bonds is 5. The van der Waals surface area contributed by atoms with Gasteiger partial charge in [0.2, 0.25) is 0 Å². The summed E-state index contributed by atoms with van der Waals surface area (Å²) >= 11 is 0. The van der Waals surface area contributed by atoms with E-state index in [2.05, 4.69) is 0 Å². The van der Waals surface area contributed by atoms with Crippen molar-refractivity contribution in [3.05, 3.63) is 0 Å². The van der Waals surface area contributed by atoms with Crippen molar-refractivity contribution in [2.45, 2.75) is 170 Å². The smallest absolute Gasteiger partial charge is 0.0966 e. The van der Waals surface area contributed by atoms with Crippen LogP contribution in [0.25, 0.3) is 0 Å². The van der Waals surface area contributed by atoms with Gasteiger partial charge in [-0.1, -0.05) is 77.0 Å². The molecule has 0 aromatic carbocycles. The zero-order chi connectivity index (χ0) is 21.8. The normalized spacial score (nSPS) is 35.7. The monoisotopic (exact) mass is 462 g/mol. The van der Waals surface area contributed by atoms with Crippen LogP contribution in [-0.2, 0) is 9.30 Å². The van der Waals surface area contributed by atoms with Gasteiger partial charge in [0.15, 0.2) is 0 Å². The zero-order valence-electron chi connectivity index (χ0n) is 20.9. The van der Waals surface area contributed by atoms with E-state index in [-0.39, 0.29) is 0 Å². The van der Waals surface area contributed by atoms with Crippen molar-refractivity contribution in [2.24, 2.45) is 11.8 Å². The molecule has 4 aliphatic carbocycles. The lowest BCUT2D eigenvalue weighted by atomic mass is 9.78. The molecule has 0 N–H and O–H groups in total. The summed E-state index contributed by atoms with van der Waals surface area (Å²) in [5, 5.41) is 0. The minimum atomic E-state index is -2.20. The van der Waals surface area contributed by atoms with E-state index in [1.165, 1.54) is 128 Å². The molecule has 1 heterocycles. The van der Waals surface area contributed by atoms with Crippen LogP contribution in [0.15, 0.2) is 0 Å². The van der Waals surface area contributed by atoms with Gasteiger partial charge in [0.05, 0.1) is 19.3 Å². The molecule has 2 atom stereocenters. The Balaban J connectivity index is 1.42. The summed E-state index contributed by atoms with van der Waals surface area (Å²) in [4.78, 5) is 0. The molecule has 1 aliphatic heterocycles. The Morgan fingerprint density at radius 2 is 0.781 bits per heavy atom. The molecule has 5 rings (SSSR count). The van der Waals surface area contributed by atoms with Gasteiger partial charge in [0.25, 0.3) is 0 Å². The van der Waals surface area contributed by atoms with E-state index in [4.69, 9.17) is 4.74 Å². The Hall–Kier alpha value is 0.190. The molecule has 0 aromatic heterocycles. The second-order valence-electron chi connectivity index (χ2n) is 12.5. The maximum absolute atomic E-state index is 15.5. The maximum atomic E-state index is 15.5. The number of hydrogen-bond donors (Lipinski definition) is 0. The zero-order valence-corrected chi connectivity index (χ0v) is 21.8. The Morgan fingerprint density at radius 3 is 1.16 bits per heavy atom. The molecule has 2 unspecified atom stereocenters. The van der Waals surface area contributed by atoms with E-state index >= 15 is 4.57 Å². The van der Waals surface area contributed by atoms with Gasteiger partial charge in [0.1, 0.15) is 0 Å². The van der Waals surface area contributed by atoms with Gasteiger partial charge >= 0.3 is 0 Å². The van der Waals surface area contributed by atoms with Crippen molar-refractivity contribution in [2.75, 3.05) is 0 Å². The first-order valence-corrected chi connectivity index (χ1v) is 16.9. The summed E-state index contributed by atoms with van der Waals surface area (Å²) in [6, 6.07) is 0. The molecule has 0 bridgehead atoms. The lowest BCUT2D eigenvalue weighted by Gasteiger charge is -2.49. The Labute approximate surface area is 198 Å². The van der Waals surface area contributed by atoms with Crippen molar-refractivity contribution >= 4 is 7.14 Å². The predicted molar refractivity (Wildman–Crippen MR) is 136 cm³/mol. The van der Waals surface area contributed by atoms with Crippen LogP contribution in [0.1, 0.15) is 141 Å². The average Bonchev–Trinajstić information content (AvgIpc) is 2.90. The van der Waals surface area contributed by atoms with E-state index in [0.717, 1.165) is 24.7 Å². The molecule has 32 heavy (non-hydrogen) atoms. The molecule has 0 spiro atoms.